The Kier molecular flexibility index (Phi) is 5.31. The molecule has 1 aliphatic rings. The first kappa shape index (κ1) is 18.5. The van der Waals surface area contributed by atoms with Gasteiger partial charge in [-0.15, -0.1) is 0 Å². The molecule has 0 bridgehead atoms. The van der Waals surface area contributed by atoms with Gasteiger partial charge in [-0.25, -0.2) is 19.7 Å². The Balaban J connectivity index is 1.55. The van der Waals surface area contributed by atoms with E-state index in [-0.39, 0.29) is 6.03 Å². The Morgan fingerprint density at radius 3 is 2.79 bits per heavy atom. The monoisotopic (exact) mass is 394 g/mol. The number of nitrogens with one attached hydrogen (secondary N) is 2. The van der Waals surface area contributed by atoms with E-state index in [0.717, 1.165) is 46.8 Å². The lowest BCUT2D eigenvalue weighted by molar-refractivity contribution is 0.250. The Bertz CT molecular complexity index is 986. The van der Waals surface area contributed by atoms with Crippen LogP contribution in [0.3, 0.4) is 0 Å². The van der Waals surface area contributed by atoms with Gasteiger partial charge in [0.15, 0.2) is 11.0 Å². The molecule has 2 heterocycles. The van der Waals surface area contributed by atoms with Crippen molar-refractivity contribution >= 4 is 22.5 Å². The molecule has 2 N–H and O–H groups in total. The van der Waals surface area contributed by atoms with Gasteiger partial charge in [0.05, 0.1) is 16.3 Å². The molecule has 1 aromatic carbocycles. The summed E-state index contributed by atoms with van der Waals surface area (Å²) >= 11 is 1.47. The average Bonchev–Trinajstić information content (AvgIpc) is 3.11. The maximum Gasteiger partial charge on any atom is 0.321 e. The number of thiazole rings is 1. The summed E-state index contributed by atoms with van der Waals surface area (Å²) in [5, 5.41) is 6.28. The van der Waals surface area contributed by atoms with Gasteiger partial charge >= 0.3 is 6.03 Å². The topological polar surface area (TPSA) is 83.0 Å². The maximum absolute atomic E-state index is 12.1. The summed E-state index contributed by atoms with van der Waals surface area (Å²) < 4.78 is 0. The number of benzene rings is 1. The standard InChI is InChI=1S/C20H22N6OS/c1-26(2)11-10-21-19(27)25-20-23-15-9-8-14-12-22-18(13-6-4-3-5-7-13)24-16(14)17(15)28-20/h3-7,12H,8-11H2,1-2H3,(H2,21,23,25,27). The summed E-state index contributed by atoms with van der Waals surface area (Å²) in [6.07, 6.45) is 3.60. The number of aromatic nitrogens is 3. The van der Waals surface area contributed by atoms with Crippen LogP contribution < -0.4 is 10.6 Å². The van der Waals surface area contributed by atoms with Crippen molar-refractivity contribution in [2.24, 2.45) is 0 Å². The molecule has 144 valence electrons. The second-order valence-electron chi connectivity index (χ2n) is 6.91. The molecule has 0 atom stereocenters. The molecule has 7 nitrogen and oxygen atoms in total. The van der Waals surface area contributed by atoms with E-state index in [9.17, 15) is 4.79 Å². The van der Waals surface area contributed by atoms with Crippen LogP contribution in [0.25, 0.3) is 22.0 Å². The molecule has 0 saturated heterocycles. The number of rotatable bonds is 5. The molecule has 8 heteroatoms. The predicted molar refractivity (Wildman–Crippen MR) is 112 cm³/mol. The molecule has 0 unspecified atom stereocenters. The lowest BCUT2D eigenvalue weighted by Gasteiger charge is -2.14. The summed E-state index contributed by atoms with van der Waals surface area (Å²) in [5.74, 6) is 0.705. The van der Waals surface area contributed by atoms with Crippen molar-refractivity contribution in [1.29, 1.82) is 0 Å². The van der Waals surface area contributed by atoms with Gasteiger partial charge in [0.2, 0.25) is 0 Å². The summed E-state index contributed by atoms with van der Waals surface area (Å²) in [6.45, 7) is 1.37. The molecule has 0 fully saturated rings. The van der Waals surface area contributed by atoms with E-state index < -0.39 is 0 Å². The lowest BCUT2D eigenvalue weighted by atomic mass is 9.99. The van der Waals surface area contributed by atoms with Crippen molar-refractivity contribution in [3.05, 3.63) is 47.8 Å². The van der Waals surface area contributed by atoms with E-state index in [4.69, 9.17) is 4.98 Å². The van der Waals surface area contributed by atoms with Crippen molar-refractivity contribution < 1.29 is 4.79 Å². The van der Waals surface area contributed by atoms with Crippen molar-refractivity contribution in [2.75, 3.05) is 32.5 Å². The Labute approximate surface area is 167 Å². The van der Waals surface area contributed by atoms with Crippen LogP contribution >= 0.6 is 11.3 Å². The van der Waals surface area contributed by atoms with Gasteiger partial charge in [0, 0.05) is 24.8 Å². The summed E-state index contributed by atoms with van der Waals surface area (Å²) in [6, 6.07) is 9.71. The highest BCUT2D eigenvalue weighted by Crippen LogP contribution is 2.38. The molecule has 0 spiro atoms. The predicted octanol–water partition coefficient (Wildman–Crippen LogP) is 3.05. The lowest BCUT2D eigenvalue weighted by Crippen LogP contribution is -2.34. The number of likely N-dealkylation sites (N-methyl/N-ethyl adjacent to an activating group) is 1. The molecule has 0 aliphatic heterocycles. The Morgan fingerprint density at radius 1 is 1.18 bits per heavy atom. The largest absolute Gasteiger partial charge is 0.337 e. The number of hydrogen-bond donors (Lipinski definition) is 2. The third-order valence-corrected chi connectivity index (χ3v) is 5.52. The number of urea groups is 1. The molecule has 2 amide bonds. The zero-order valence-corrected chi connectivity index (χ0v) is 16.7. The Hall–Kier alpha value is -2.84. The fourth-order valence-corrected chi connectivity index (χ4v) is 4.09. The van der Waals surface area contributed by atoms with Gasteiger partial charge in [-0.2, -0.15) is 0 Å². The third kappa shape index (κ3) is 4.02. The molecular formula is C20H22N6OS. The van der Waals surface area contributed by atoms with Crippen LogP contribution in [-0.4, -0.2) is 53.1 Å². The number of nitrogens with zero attached hydrogens (tertiary/aromatic N) is 4. The van der Waals surface area contributed by atoms with E-state index in [1.807, 2.05) is 55.5 Å². The van der Waals surface area contributed by atoms with Crippen LogP contribution in [0.15, 0.2) is 36.5 Å². The summed E-state index contributed by atoms with van der Waals surface area (Å²) in [4.78, 5) is 29.1. The van der Waals surface area contributed by atoms with Crippen LogP contribution in [-0.2, 0) is 12.8 Å². The number of hydrogen-bond acceptors (Lipinski definition) is 6. The van der Waals surface area contributed by atoms with Gasteiger partial charge in [-0.05, 0) is 32.5 Å². The third-order valence-electron chi connectivity index (χ3n) is 4.51. The first-order valence-electron chi connectivity index (χ1n) is 9.21. The van der Waals surface area contributed by atoms with E-state index in [1.54, 1.807) is 0 Å². The minimum atomic E-state index is -0.235. The van der Waals surface area contributed by atoms with Crippen LogP contribution in [0.2, 0.25) is 0 Å². The van der Waals surface area contributed by atoms with Gasteiger partial charge in [0.25, 0.3) is 0 Å². The highest BCUT2D eigenvalue weighted by Gasteiger charge is 2.24. The van der Waals surface area contributed by atoms with E-state index in [1.165, 1.54) is 11.3 Å². The summed E-state index contributed by atoms with van der Waals surface area (Å²) in [7, 11) is 3.94. The zero-order chi connectivity index (χ0) is 19.5. The molecule has 2 aromatic heterocycles. The average molecular weight is 395 g/mol. The van der Waals surface area contributed by atoms with Crippen LogP contribution in [0.4, 0.5) is 9.93 Å². The summed E-state index contributed by atoms with van der Waals surface area (Å²) in [5.41, 5.74) is 4.02. The van der Waals surface area contributed by atoms with E-state index in [0.29, 0.717) is 17.5 Å². The van der Waals surface area contributed by atoms with E-state index >= 15 is 0 Å². The van der Waals surface area contributed by atoms with Crippen LogP contribution in [0, 0.1) is 0 Å². The van der Waals surface area contributed by atoms with Crippen molar-refractivity contribution in [2.45, 2.75) is 12.8 Å². The SMILES string of the molecule is CN(C)CCNC(=O)Nc1nc2c(s1)-c1nc(-c3ccccc3)ncc1CC2. The maximum atomic E-state index is 12.1. The first-order chi connectivity index (χ1) is 13.6. The van der Waals surface area contributed by atoms with Crippen molar-refractivity contribution in [1.82, 2.24) is 25.2 Å². The van der Waals surface area contributed by atoms with Crippen molar-refractivity contribution in [3.63, 3.8) is 0 Å². The van der Waals surface area contributed by atoms with Gasteiger partial charge in [-0.1, -0.05) is 41.7 Å². The fourth-order valence-electron chi connectivity index (χ4n) is 3.06. The highest BCUT2D eigenvalue weighted by molar-refractivity contribution is 7.19. The number of carbonyl (C=O) groups excluding carboxylic acids is 1. The second-order valence-corrected chi connectivity index (χ2v) is 7.91. The molecule has 4 rings (SSSR count). The van der Waals surface area contributed by atoms with E-state index in [2.05, 4.69) is 20.6 Å². The smallest absolute Gasteiger partial charge is 0.321 e. The number of fused-ring (bicyclic) bond motifs is 3. The molecule has 28 heavy (non-hydrogen) atoms. The molecule has 0 radical (unpaired) electrons. The number of amides is 2. The minimum absolute atomic E-state index is 0.235. The van der Waals surface area contributed by atoms with Gasteiger partial charge in [0.1, 0.15) is 0 Å². The number of anilines is 1. The normalized spacial score (nSPS) is 12.4. The number of carbonyl (C=O) groups is 1. The highest BCUT2D eigenvalue weighted by atomic mass is 32.1. The second kappa shape index (κ2) is 8.04. The molecule has 0 saturated carbocycles. The fraction of sp³-hybridized carbons (Fsp3) is 0.300. The number of aryl methyl sites for hydroxylation is 2. The zero-order valence-electron chi connectivity index (χ0n) is 15.9. The van der Waals surface area contributed by atoms with Crippen LogP contribution in [0.5, 0.6) is 0 Å². The molecular weight excluding hydrogens is 372 g/mol. The molecule has 3 aromatic rings. The Morgan fingerprint density at radius 2 is 2.00 bits per heavy atom. The van der Waals surface area contributed by atoms with Crippen LogP contribution in [0.1, 0.15) is 11.3 Å². The van der Waals surface area contributed by atoms with Crippen molar-refractivity contribution in [3.8, 4) is 22.0 Å². The quantitative estimate of drug-likeness (QED) is 0.695. The first-order valence-corrected chi connectivity index (χ1v) is 10.0. The van der Waals surface area contributed by atoms with Gasteiger partial charge in [-0.3, -0.25) is 5.32 Å². The van der Waals surface area contributed by atoms with Gasteiger partial charge < -0.3 is 10.2 Å². The minimum Gasteiger partial charge on any atom is -0.337 e. The molecule has 1 aliphatic carbocycles.